The SMILES string of the molecule is C=CCOCCCCCC.C=CCOCCCCCCCOC.COCO. The van der Waals surface area contributed by atoms with Crippen LogP contribution in [-0.4, -0.2) is 59.2 Å². The van der Waals surface area contributed by atoms with Gasteiger partial charge in [0.05, 0.1) is 13.2 Å². The third-order valence-electron chi connectivity index (χ3n) is 3.38. The Morgan fingerprint density at radius 2 is 1.07 bits per heavy atom. The fourth-order valence-electron chi connectivity index (χ4n) is 1.95. The molecule has 0 aliphatic carbocycles. The van der Waals surface area contributed by atoms with E-state index in [0.717, 1.165) is 19.8 Å². The van der Waals surface area contributed by atoms with Crippen molar-refractivity contribution in [2.24, 2.45) is 0 Å². The summed E-state index contributed by atoms with van der Waals surface area (Å²) in [6, 6.07) is 0. The lowest BCUT2D eigenvalue weighted by atomic mass is 10.1. The van der Waals surface area contributed by atoms with E-state index >= 15 is 0 Å². The molecular weight excluding hydrogens is 344 g/mol. The molecule has 0 heterocycles. The van der Waals surface area contributed by atoms with Gasteiger partial charge in [0.25, 0.3) is 0 Å². The third kappa shape index (κ3) is 45.9. The van der Waals surface area contributed by atoms with Gasteiger partial charge in [0, 0.05) is 34.0 Å². The largest absolute Gasteiger partial charge is 0.385 e. The van der Waals surface area contributed by atoms with Gasteiger partial charge >= 0.3 is 0 Å². The van der Waals surface area contributed by atoms with Crippen LogP contribution >= 0.6 is 0 Å². The summed E-state index contributed by atoms with van der Waals surface area (Å²) in [6.07, 6.45) is 14.9. The second kappa shape index (κ2) is 36.2. The molecule has 0 saturated carbocycles. The Morgan fingerprint density at radius 1 is 0.667 bits per heavy atom. The molecule has 1 N–H and O–H groups in total. The highest BCUT2D eigenvalue weighted by Gasteiger charge is 1.90. The number of rotatable bonds is 18. The van der Waals surface area contributed by atoms with E-state index in [2.05, 4.69) is 24.8 Å². The third-order valence-corrected chi connectivity index (χ3v) is 3.38. The molecule has 0 aromatic heterocycles. The lowest BCUT2D eigenvalue weighted by Crippen LogP contribution is -1.94. The van der Waals surface area contributed by atoms with E-state index in [9.17, 15) is 0 Å². The molecule has 0 radical (unpaired) electrons. The second-order valence-electron chi connectivity index (χ2n) is 5.97. The van der Waals surface area contributed by atoms with Gasteiger partial charge in [-0.15, -0.1) is 13.2 Å². The molecule has 0 amide bonds. The maximum atomic E-state index is 7.65. The number of aliphatic hydroxyl groups is 1. The van der Waals surface area contributed by atoms with Gasteiger partial charge in [-0.3, -0.25) is 0 Å². The van der Waals surface area contributed by atoms with Crippen LogP contribution in [0.1, 0.15) is 64.7 Å². The van der Waals surface area contributed by atoms with Gasteiger partial charge in [0.1, 0.15) is 6.79 Å². The predicted molar refractivity (Wildman–Crippen MR) is 115 cm³/mol. The van der Waals surface area contributed by atoms with Crippen molar-refractivity contribution in [1.29, 1.82) is 0 Å². The molecule has 0 aliphatic heterocycles. The number of ether oxygens (including phenoxy) is 4. The van der Waals surface area contributed by atoms with Gasteiger partial charge in [0.15, 0.2) is 0 Å². The Hall–Kier alpha value is -0.720. The molecule has 5 nitrogen and oxygen atoms in total. The van der Waals surface area contributed by atoms with Crippen LogP contribution in [0.2, 0.25) is 0 Å². The Labute approximate surface area is 168 Å². The van der Waals surface area contributed by atoms with E-state index in [-0.39, 0.29) is 6.79 Å². The molecule has 0 spiro atoms. The maximum absolute atomic E-state index is 7.65. The molecule has 5 heteroatoms. The van der Waals surface area contributed by atoms with Crippen molar-refractivity contribution in [2.45, 2.75) is 64.7 Å². The fraction of sp³-hybridized carbons (Fsp3) is 0.818. The highest BCUT2D eigenvalue weighted by Crippen LogP contribution is 2.03. The van der Waals surface area contributed by atoms with Gasteiger partial charge < -0.3 is 24.1 Å². The first-order valence-electron chi connectivity index (χ1n) is 10.2. The molecule has 0 saturated heterocycles. The molecule has 0 aromatic carbocycles. The highest BCUT2D eigenvalue weighted by atomic mass is 16.6. The number of methoxy groups -OCH3 is 2. The van der Waals surface area contributed by atoms with Crippen LogP contribution in [0.25, 0.3) is 0 Å². The van der Waals surface area contributed by atoms with Gasteiger partial charge in [-0.05, 0) is 19.3 Å². The lowest BCUT2D eigenvalue weighted by molar-refractivity contribution is 0.0325. The van der Waals surface area contributed by atoms with Crippen LogP contribution in [0, 0.1) is 0 Å². The normalized spacial score (nSPS) is 9.63. The van der Waals surface area contributed by atoms with Crippen LogP contribution in [0.3, 0.4) is 0 Å². The molecular formula is C22H46O5. The van der Waals surface area contributed by atoms with Gasteiger partial charge in [-0.1, -0.05) is 57.6 Å². The number of hydrogen-bond acceptors (Lipinski definition) is 5. The van der Waals surface area contributed by atoms with E-state index in [0.29, 0.717) is 13.2 Å². The van der Waals surface area contributed by atoms with Crippen molar-refractivity contribution in [1.82, 2.24) is 0 Å². The maximum Gasteiger partial charge on any atom is 0.143 e. The lowest BCUT2D eigenvalue weighted by Gasteiger charge is -2.01. The minimum atomic E-state index is -0.181. The summed E-state index contributed by atoms with van der Waals surface area (Å²) in [4.78, 5) is 0. The van der Waals surface area contributed by atoms with E-state index in [1.54, 1.807) is 19.3 Å². The molecule has 0 bridgehead atoms. The smallest absolute Gasteiger partial charge is 0.143 e. The first kappa shape index (κ1) is 31.0. The van der Waals surface area contributed by atoms with Crippen molar-refractivity contribution in [2.75, 3.05) is 54.0 Å². The topological polar surface area (TPSA) is 57.2 Å². The minimum Gasteiger partial charge on any atom is -0.385 e. The summed E-state index contributed by atoms with van der Waals surface area (Å²) in [5.74, 6) is 0. The summed E-state index contributed by atoms with van der Waals surface area (Å²) < 4.78 is 19.5. The van der Waals surface area contributed by atoms with Crippen LogP contribution in [0.15, 0.2) is 25.3 Å². The van der Waals surface area contributed by atoms with Crippen LogP contribution < -0.4 is 0 Å². The molecule has 0 atom stereocenters. The predicted octanol–water partition coefficient (Wildman–Crippen LogP) is 5.14. The fourth-order valence-corrected chi connectivity index (χ4v) is 1.95. The molecule has 27 heavy (non-hydrogen) atoms. The summed E-state index contributed by atoms with van der Waals surface area (Å²) in [6.45, 7) is 13.2. The van der Waals surface area contributed by atoms with Gasteiger partial charge in [-0.2, -0.15) is 0 Å². The standard InChI is InChI=1S/C11H22O2.C9H18O.C2H6O2/c1-3-9-13-11-8-6-4-5-7-10-12-2;1-3-5-6-7-9-10-8-4-2;1-4-2-3/h3H,1,4-11H2,2H3;4H,2-3,5-9H2,1H3;3H,2H2,1H3. The summed E-state index contributed by atoms with van der Waals surface area (Å²) in [5.41, 5.74) is 0. The zero-order valence-electron chi connectivity index (χ0n) is 18.3. The average Bonchev–Trinajstić information content (AvgIpc) is 2.70. The van der Waals surface area contributed by atoms with Crippen molar-refractivity contribution >= 4 is 0 Å². The van der Waals surface area contributed by atoms with Crippen LogP contribution in [-0.2, 0) is 18.9 Å². The number of hydrogen-bond donors (Lipinski definition) is 1. The number of aliphatic hydroxyl groups excluding tert-OH is 1. The Kier molecular flexibility index (Phi) is 41.6. The van der Waals surface area contributed by atoms with Crippen molar-refractivity contribution < 1.29 is 24.1 Å². The summed E-state index contributed by atoms with van der Waals surface area (Å²) in [7, 11) is 3.18. The molecule has 0 unspecified atom stereocenters. The average molecular weight is 391 g/mol. The monoisotopic (exact) mass is 390 g/mol. The first-order chi connectivity index (χ1) is 13.2. The van der Waals surface area contributed by atoms with Crippen molar-refractivity contribution in [3.8, 4) is 0 Å². The summed E-state index contributed by atoms with van der Waals surface area (Å²) >= 11 is 0. The number of unbranched alkanes of at least 4 members (excludes halogenated alkanes) is 7. The Morgan fingerprint density at radius 3 is 1.44 bits per heavy atom. The van der Waals surface area contributed by atoms with Gasteiger partial charge in [0.2, 0.25) is 0 Å². The van der Waals surface area contributed by atoms with E-state index < -0.39 is 0 Å². The second-order valence-corrected chi connectivity index (χ2v) is 5.97. The van der Waals surface area contributed by atoms with Crippen LogP contribution in [0.4, 0.5) is 0 Å². The quantitative estimate of drug-likeness (QED) is 0.199. The molecule has 0 aliphatic rings. The van der Waals surface area contributed by atoms with Crippen molar-refractivity contribution in [3.63, 3.8) is 0 Å². The van der Waals surface area contributed by atoms with Crippen molar-refractivity contribution in [3.05, 3.63) is 25.3 Å². The molecule has 164 valence electrons. The molecule has 0 fully saturated rings. The Balaban J connectivity index is -0.000000364. The zero-order chi connectivity index (χ0) is 20.8. The van der Waals surface area contributed by atoms with Crippen LogP contribution in [0.5, 0.6) is 0 Å². The highest BCUT2D eigenvalue weighted by molar-refractivity contribution is 4.64. The van der Waals surface area contributed by atoms with E-state index in [1.807, 2.05) is 0 Å². The summed E-state index contributed by atoms with van der Waals surface area (Å²) in [5, 5.41) is 7.65. The molecule has 0 rings (SSSR count). The first-order valence-corrected chi connectivity index (χ1v) is 10.2. The minimum absolute atomic E-state index is 0.181. The Bertz CT molecular complexity index is 245. The molecule has 0 aromatic rings. The van der Waals surface area contributed by atoms with E-state index in [4.69, 9.17) is 19.3 Å². The van der Waals surface area contributed by atoms with Gasteiger partial charge in [-0.25, -0.2) is 0 Å². The van der Waals surface area contributed by atoms with E-state index in [1.165, 1.54) is 64.9 Å². The zero-order valence-corrected chi connectivity index (χ0v) is 18.3.